The topological polar surface area (TPSA) is 38.7 Å². The van der Waals surface area contributed by atoms with Crippen LogP contribution in [0.1, 0.15) is 61.1 Å². The first kappa shape index (κ1) is 29.3. The van der Waals surface area contributed by atoms with Crippen molar-refractivity contribution in [1.82, 2.24) is 15.0 Å². The molecule has 7 aromatic rings. The van der Waals surface area contributed by atoms with Crippen LogP contribution in [0.5, 0.6) is 0 Å². The van der Waals surface area contributed by atoms with E-state index in [0.29, 0.717) is 11.6 Å². The first-order valence-corrected chi connectivity index (χ1v) is 17.8. The van der Waals surface area contributed by atoms with Crippen LogP contribution in [0.4, 0.5) is 0 Å². The molecule has 0 fully saturated rings. The summed E-state index contributed by atoms with van der Waals surface area (Å²) in [5.41, 5.74) is 18.9. The molecule has 0 spiro atoms. The monoisotopic (exact) mass is 643 g/mol. The second-order valence-corrected chi connectivity index (χ2v) is 15.1. The molecule has 0 saturated carbocycles. The number of fused-ring (bicyclic) bond motifs is 10. The molecular weight excluding hydrogens is 607 g/mol. The van der Waals surface area contributed by atoms with E-state index in [1.165, 1.54) is 66.8 Å². The van der Waals surface area contributed by atoms with Gasteiger partial charge in [-0.05, 0) is 91.7 Å². The van der Waals surface area contributed by atoms with Gasteiger partial charge < -0.3 is 0 Å². The van der Waals surface area contributed by atoms with E-state index in [-0.39, 0.29) is 10.8 Å². The summed E-state index contributed by atoms with van der Waals surface area (Å²) in [5, 5.41) is 0. The fourth-order valence-corrected chi connectivity index (χ4v) is 9.07. The summed E-state index contributed by atoms with van der Waals surface area (Å²) >= 11 is 0. The van der Waals surface area contributed by atoms with Gasteiger partial charge in [0, 0.05) is 27.5 Å². The zero-order chi connectivity index (χ0) is 33.8. The first-order valence-electron chi connectivity index (χ1n) is 17.8. The third-order valence-corrected chi connectivity index (χ3v) is 11.7. The number of nitrogens with zero attached hydrogens (tertiary/aromatic N) is 3. The normalized spacial score (nSPS) is 15.4. The Hall–Kier alpha value is -5.67. The van der Waals surface area contributed by atoms with Crippen LogP contribution < -0.4 is 0 Å². The maximum absolute atomic E-state index is 5.39. The van der Waals surface area contributed by atoms with Crippen LogP contribution in [0.15, 0.2) is 127 Å². The van der Waals surface area contributed by atoms with Gasteiger partial charge in [0.1, 0.15) is 0 Å². The van der Waals surface area contributed by atoms with Crippen LogP contribution in [0, 0.1) is 0 Å². The first-order chi connectivity index (χ1) is 24.3. The van der Waals surface area contributed by atoms with E-state index >= 15 is 0 Å². The summed E-state index contributed by atoms with van der Waals surface area (Å²) in [6.07, 6.45) is 1.93. The minimum atomic E-state index is -0.166. The molecule has 1 aromatic heterocycles. The molecule has 0 atom stereocenters. The van der Waals surface area contributed by atoms with E-state index in [2.05, 4.69) is 149 Å². The Morgan fingerprint density at radius 2 is 0.980 bits per heavy atom. The second kappa shape index (κ2) is 10.4. The summed E-state index contributed by atoms with van der Waals surface area (Å²) in [4.78, 5) is 15.9. The fourth-order valence-electron chi connectivity index (χ4n) is 9.07. The Bertz CT molecular complexity index is 2540. The molecule has 0 amide bonds. The number of benzene rings is 6. The Balaban J connectivity index is 1.24. The maximum Gasteiger partial charge on any atom is 0.164 e. The van der Waals surface area contributed by atoms with Crippen LogP contribution in [-0.2, 0) is 23.7 Å². The van der Waals surface area contributed by atoms with Crippen molar-refractivity contribution >= 4 is 0 Å². The van der Waals surface area contributed by atoms with Gasteiger partial charge in [-0.2, -0.15) is 0 Å². The molecule has 6 aromatic carbocycles. The third-order valence-electron chi connectivity index (χ3n) is 11.7. The molecule has 240 valence electrons. The summed E-state index contributed by atoms with van der Waals surface area (Å²) < 4.78 is 0. The smallest absolute Gasteiger partial charge is 0.164 e. The summed E-state index contributed by atoms with van der Waals surface area (Å²) in [5.74, 6) is 2.14. The molecule has 0 unspecified atom stereocenters. The van der Waals surface area contributed by atoms with Gasteiger partial charge in [-0.1, -0.05) is 143 Å². The van der Waals surface area contributed by atoms with Gasteiger partial charge in [0.15, 0.2) is 17.5 Å². The Kier molecular flexibility index (Phi) is 6.10. The van der Waals surface area contributed by atoms with E-state index in [9.17, 15) is 0 Å². The third kappa shape index (κ3) is 4.07. The highest BCUT2D eigenvalue weighted by Gasteiger charge is 2.40. The zero-order valence-electron chi connectivity index (χ0n) is 28.9. The van der Waals surface area contributed by atoms with E-state index in [1.54, 1.807) is 0 Å². The molecule has 3 aliphatic carbocycles. The molecule has 10 rings (SSSR count). The van der Waals surface area contributed by atoms with Gasteiger partial charge in [0.05, 0.1) is 0 Å². The summed E-state index contributed by atoms with van der Waals surface area (Å²) in [6, 6.07) is 46.3. The quantitative estimate of drug-likeness (QED) is 0.192. The van der Waals surface area contributed by atoms with Crippen molar-refractivity contribution in [3.63, 3.8) is 0 Å². The summed E-state index contributed by atoms with van der Waals surface area (Å²) in [6.45, 7) is 9.37. The molecular formula is C47H37N3. The number of rotatable bonds is 3. The van der Waals surface area contributed by atoms with Crippen molar-refractivity contribution in [2.75, 3.05) is 0 Å². The van der Waals surface area contributed by atoms with Crippen molar-refractivity contribution in [3.05, 3.63) is 161 Å². The van der Waals surface area contributed by atoms with E-state index < -0.39 is 0 Å². The Labute approximate surface area is 293 Å². The van der Waals surface area contributed by atoms with Crippen LogP contribution in [-0.4, -0.2) is 15.0 Å². The highest BCUT2D eigenvalue weighted by molar-refractivity contribution is 5.98. The lowest BCUT2D eigenvalue weighted by molar-refractivity contribution is 0.660. The lowest BCUT2D eigenvalue weighted by Crippen LogP contribution is -2.17. The van der Waals surface area contributed by atoms with Crippen LogP contribution in [0.2, 0.25) is 0 Å². The molecule has 0 aliphatic heterocycles. The average Bonchev–Trinajstić information content (AvgIpc) is 3.53. The fraction of sp³-hybridized carbons (Fsp3) is 0.170. The van der Waals surface area contributed by atoms with E-state index in [0.717, 1.165) is 35.4 Å². The zero-order valence-corrected chi connectivity index (χ0v) is 28.9. The van der Waals surface area contributed by atoms with Crippen LogP contribution in [0.3, 0.4) is 0 Å². The lowest BCUT2D eigenvalue weighted by atomic mass is 9.76. The minimum Gasteiger partial charge on any atom is -0.208 e. The predicted octanol–water partition coefficient (Wildman–Crippen LogP) is 11.3. The van der Waals surface area contributed by atoms with Crippen molar-refractivity contribution in [2.45, 2.75) is 51.4 Å². The Morgan fingerprint density at radius 3 is 1.76 bits per heavy atom. The van der Waals surface area contributed by atoms with Crippen molar-refractivity contribution in [3.8, 4) is 67.5 Å². The van der Waals surface area contributed by atoms with Gasteiger partial charge in [-0.25, -0.2) is 15.0 Å². The molecule has 3 nitrogen and oxygen atoms in total. The predicted molar refractivity (Wildman–Crippen MR) is 204 cm³/mol. The van der Waals surface area contributed by atoms with Gasteiger partial charge in [-0.3, -0.25) is 0 Å². The van der Waals surface area contributed by atoms with Crippen LogP contribution in [0.25, 0.3) is 67.5 Å². The highest BCUT2D eigenvalue weighted by Crippen LogP contribution is 2.56. The van der Waals surface area contributed by atoms with Gasteiger partial charge >= 0.3 is 0 Å². The SMILES string of the molecule is CC1(C)c2ccccc2-c2ccc(-c3nc(-c4ccccc4)nc(-c4cc5c(c6c4CCc4ccccc4-6)-c4ccccc4C5(C)C)n3)cc21. The average molecular weight is 644 g/mol. The molecule has 3 aliphatic rings. The van der Waals surface area contributed by atoms with Crippen molar-refractivity contribution in [1.29, 1.82) is 0 Å². The maximum atomic E-state index is 5.39. The molecule has 0 saturated heterocycles. The molecule has 3 heteroatoms. The van der Waals surface area contributed by atoms with Crippen LogP contribution >= 0.6 is 0 Å². The van der Waals surface area contributed by atoms with Crippen molar-refractivity contribution < 1.29 is 0 Å². The lowest BCUT2D eigenvalue weighted by Gasteiger charge is -2.28. The van der Waals surface area contributed by atoms with Crippen molar-refractivity contribution in [2.24, 2.45) is 0 Å². The molecule has 0 bridgehead atoms. The number of aromatic nitrogens is 3. The van der Waals surface area contributed by atoms with Gasteiger partial charge in [0.2, 0.25) is 0 Å². The number of aryl methyl sites for hydroxylation is 1. The standard InChI is InChI=1S/C47H37N3/c1-46(2)37-20-12-10-18-32(37)33-24-23-30(26-39(33)46)44-48-43(29-15-6-5-7-16-29)49-45(50-44)36-27-40-42(35-19-11-13-21-38(35)47(40,3)4)41-31-17-9-8-14-28(31)22-25-34(36)41/h5-21,23-24,26-27H,22,25H2,1-4H3. The minimum absolute atomic E-state index is 0.118. The number of hydrogen-bond acceptors (Lipinski definition) is 3. The largest absolute Gasteiger partial charge is 0.208 e. The molecule has 0 N–H and O–H groups in total. The van der Waals surface area contributed by atoms with Gasteiger partial charge in [0.25, 0.3) is 0 Å². The van der Waals surface area contributed by atoms with E-state index in [4.69, 9.17) is 15.0 Å². The Morgan fingerprint density at radius 1 is 0.400 bits per heavy atom. The van der Waals surface area contributed by atoms with E-state index in [1.807, 2.05) is 6.07 Å². The van der Waals surface area contributed by atoms with Gasteiger partial charge in [-0.15, -0.1) is 0 Å². The summed E-state index contributed by atoms with van der Waals surface area (Å²) in [7, 11) is 0. The molecule has 0 radical (unpaired) electrons. The number of hydrogen-bond donors (Lipinski definition) is 0. The second-order valence-electron chi connectivity index (χ2n) is 15.1. The molecule has 50 heavy (non-hydrogen) atoms. The molecule has 1 heterocycles. The highest BCUT2D eigenvalue weighted by atomic mass is 15.0.